The minimum absolute atomic E-state index is 0.500. The van der Waals surface area contributed by atoms with Crippen LogP contribution in [-0.4, -0.2) is 10.8 Å². The molecule has 1 aromatic heterocycles. The third-order valence-corrected chi connectivity index (χ3v) is 5.88. The van der Waals surface area contributed by atoms with Crippen molar-refractivity contribution in [3.63, 3.8) is 0 Å². The molecule has 0 atom stereocenters. The predicted octanol–water partition coefficient (Wildman–Crippen LogP) is 7.47. The third kappa shape index (κ3) is 4.96. The maximum atomic E-state index is 12.7. The highest BCUT2D eigenvalue weighted by atomic mass is 35.5. The zero-order valence-corrected chi connectivity index (χ0v) is 18.6. The van der Waals surface area contributed by atoms with E-state index in [1.54, 1.807) is 12.1 Å². The molecule has 0 saturated heterocycles. The lowest BCUT2D eigenvalue weighted by Crippen LogP contribution is -2.13. The summed E-state index contributed by atoms with van der Waals surface area (Å²) >= 11 is 13.8. The maximum absolute atomic E-state index is 12.7. The van der Waals surface area contributed by atoms with Gasteiger partial charge in [-0.3, -0.25) is 4.57 Å². The van der Waals surface area contributed by atoms with Crippen LogP contribution in [0.5, 0.6) is 0 Å². The summed E-state index contributed by atoms with van der Waals surface area (Å²) < 4.78 is 40.1. The Morgan fingerprint density at radius 1 is 0.906 bits per heavy atom. The molecule has 3 nitrogen and oxygen atoms in total. The second kappa shape index (κ2) is 9.32. The fraction of sp³-hybridized carbons (Fsp3) is 0.0435. The molecule has 0 radical (unpaired) electrons. The zero-order chi connectivity index (χ0) is 22.7. The first-order valence-corrected chi connectivity index (χ1v) is 10.9. The molecular formula is C23H14Cl2F3N3S. The lowest BCUT2D eigenvalue weighted by atomic mass is 10.1. The summed E-state index contributed by atoms with van der Waals surface area (Å²) in [5.41, 5.74) is 2.25. The van der Waals surface area contributed by atoms with Crippen molar-refractivity contribution in [2.75, 3.05) is 0 Å². The Morgan fingerprint density at radius 2 is 1.62 bits per heavy atom. The number of rotatable bonds is 4. The molecule has 0 bridgehead atoms. The zero-order valence-electron chi connectivity index (χ0n) is 16.2. The third-order valence-electron chi connectivity index (χ3n) is 4.52. The topological polar surface area (TPSA) is 29.6 Å². The molecular weight excluding hydrogens is 478 g/mol. The molecule has 0 spiro atoms. The van der Waals surface area contributed by atoms with Gasteiger partial charge in [0, 0.05) is 21.7 Å². The van der Waals surface area contributed by atoms with E-state index in [1.165, 1.54) is 29.7 Å². The molecule has 162 valence electrons. The standard InChI is InChI=1S/C23H14Cl2F3N3S/c24-17-10-11-19(20(25)12-17)21-14-32-22(31(21)18-4-2-1-3-5-18)30-29-13-15-6-8-16(9-7-15)23(26,27)28/h1-14H/b29-13+,30-22+. The largest absolute Gasteiger partial charge is 0.416 e. The van der Waals surface area contributed by atoms with Gasteiger partial charge < -0.3 is 0 Å². The van der Waals surface area contributed by atoms with Crippen LogP contribution in [-0.2, 0) is 6.18 Å². The van der Waals surface area contributed by atoms with Crippen molar-refractivity contribution in [2.24, 2.45) is 10.2 Å². The predicted molar refractivity (Wildman–Crippen MR) is 124 cm³/mol. The second-order valence-corrected chi connectivity index (χ2v) is 8.34. The number of benzene rings is 3. The van der Waals surface area contributed by atoms with Gasteiger partial charge in [0.1, 0.15) is 0 Å². The summed E-state index contributed by atoms with van der Waals surface area (Å²) in [7, 11) is 0. The minimum Gasteiger partial charge on any atom is -0.284 e. The highest BCUT2D eigenvalue weighted by molar-refractivity contribution is 7.07. The highest BCUT2D eigenvalue weighted by Crippen LogP contribution is 2.32. The Bertz CT molecular complexity index is 1330. The van der Waals surface area contributed by atoms with Crippen molar-refractivity contribution in [2.45, 2.75) is 6.18 Å². The van der Waals surface area contributed by atoms with Gasteiger partial charge in [0.25, 0.3) is 0 Å². The minimum atomic E-state index is -4.38. The smallest absolute Gasteiger partial charge is 0.284 e. The quantitative estimate of drug-likeness (QED) is 0.209. The Hall–Kier alpha value is -2.87. The van der Waals surface area contributed by atoms with Gasteiger partial charge in [-0.15, -0.1) is 16.4 Å². The SMILES string of the molecule is FC(F)(F)c1ccc(/C=N/N=c2/scc(-c3ccc(Cl)cc3Cl)n2-c2ccccc2)cc1. The average Bonchev–Trinajstić information content (AvgIpc) is 3.17. The number of hydrogen-bond donors (Lipinski definition) is 0. The molecule has 0 aliphatic rings. The molecule has 4 aromatic rings. The lowest BCUT2D eigenvalue weighted by Gasteiger charge is -2.10. The monoisotopic (exact) mass is 491 g/mol. The number of nitrogens with zero attached hydrogens (tertiary/aromatic N) is 3. The summed E-state index contributed by atoms with van der Waals surface area (Å²) in [4.78, 5) is 0.570. The summed E-state index contributed by atoms with van der Waals surface area (Å²) in [5.74, 6) is 0. The number of thiazole rings is 1. The van der Waals surface area contributed by atoms with Crippen molar-refractivity contribution in [3.8, 4) is 16.9 Å². The van der Waals surface area contributed by atoms with Gasteiger partial charge in [0.05, 0.1) is 22.5 Å². The summed E-state index contributed by atoms with van der Waals surface area (Å²) in [6.45, 7) is 0. The molecule has 0 aliphatic carbocycles. The van der Waals surface area contributed by atoms with E-state index in [-0.39, 0.29) is 0 Å². The first kappa shape index (κ1) is 22.3. The van der Waals surface area contributed by atoms with Gasteiger partial charge in [-0.25, -0.2) is 0 Å². The molecule has 1 heterocycles. The van der Waals surface area contributed by atoms with Gasteiger partial charge in [-0.2, -0.15) is 18.3 Å². The van der Waals surface area contributed by atoms with Crippen molar-refractivity contribution < 1.29 is 13.2 Å². The number of halogens is 5. The van der Waals surface area contributed by atoms with Gasteiger partial charge in [0.15, 0.2) is 0 Å². The number of hydrogen-bond acceptors (Lipinski definition) is 3. The van der Waals surface area contributed by atoms with E-state index in [2.05, 4.69) is 10.2 Å². The van der Waals surface area contributed by atoms with Crippen LogP contribution >= 0.6 is 34.5 Å². The molecule has 0 unspecified atom stereocenters. The first-order valence-electron chi connectivity index (χ1n) is 9.28. The Morgan fingerprint density at radius 3 is 2.28 bits per heavy atom. The number of para-hydroxylation sites is 1. The Kier molecular flexibility index (Phi) is 6.50. The summed E-state index contributed by atoms with van der Waals surface area (Å²) in [6, 6.07) is 19.6. The van der Waals surface area contributed by atoms with Gasteiger partial charge in [-0.05, 0) is 48.0 Å². The van der Waals surface area contributed by atoms with Crippen LogP contribution in [0.2, 0.25) is 10.0 Å². The molecule has 4 rings (SSSR count). The van der Waals surface area contributed by atoms with E-state index in [9.17, 15) is 13.2 Å². The molecule has 0 fully saturated rings. The van der Waals surface area contributed by atoms with E-state index < -0.39 is 11.7 Å². The van der Waals surface area contributed by atoms with Crippen LogP contribution in [0.25, 0.3) is 16.9 Å². The van der Waals surface area contributed by atoms with Crippen molar-refractivity contribution in [1.29, 1.82) is 0 Å². The molecule has 32 heavy (non-hydrogen) atoms. The van der Waals surface area contributed by atoms with Crippen LogP contribution in [0, 0.1) is 0 Å². The Balaban J connectivity index is 1.75. The summed E-state index contributed by atoms with van der Waals surface area (Å²) in [5, 5.41) is 11.3. The fourth-order valence-electron chi connectivity index (χ4n) is 3.00. The van der Waals surface area contributed by atoms with E-state index in [1.807, 2.05) is 46.3 Å². The molecule has 9 heteroatoms. The molecule has 0 saturated carbocycles. The van der Waals surface area contributed by atoms with E-state index >= 15 is 0 Å². The highest BCUT2D eigenvalue weighted by Gasteiger charge is 2.29. The van der Waals surface area contributed by atoms with E-state index in [0.717, 1.165) is 29.1 Å². The molecule has 3 aromatic carbocycles. The summed E-state index contributed by atoms with van der Waals surface area (Å²) in [6.07, 6.45) is -2.97. The normalized spacial score (nSPS) is 12.6. The van der Waals surface area contributed by atoms with Crippen LogP contribution in [0.15, 0.2) is 88.4 Å². The average molecular weight is 492 g/mol. The van der Waals surface area contributed by atoms with Crippen molar-refractivity contribution >= 4 is 40.8 Å². The molecule has 0 amide bonds. The lowest BCUT2D eigenvalue weighted by molar-refractivity contribution is -0.137. The molecule has 0 aliphatic heterocycles. The van der Waals surface area contributed by atoms with Crippen molar-refractivity contribution in [1.82, 2.24) is 4.57 Å². The molecule has 0 N–H and O–H groups in total. The van der Waals surface area contributed by atoms with E-state index in [4.69, 9.17) is 23.2 Å². The van der Waals surface area contributed by atoms with E-state index in [0.29, 0.717) is 20.4 Å². The van der Waals surface area contributed by atoms with Gasteiger partial charge in [0.2, 0.25) is 4.80 Å². The van der Waals surface area contributed by atoms with Gasteiger partial charge >= 0.3 is 6.18 Å². The van der Waals surface area contributed by atoms with Crippen molar-refractivity contribution in [3.05, 3.63) is 104 Å². The second-order valence-electron chi connectivity index (χ2n) is 6.66. The Labute approximate surface area is 195 Å². The van der Waals surface area contributed by atoms with Crippen LogP contribution in [0.4, 0.5) is 13.2 Å². The van der Waals surface area contributed by atoms with Gasteiger partial charge in [-0.1, -0.05) is 53.5 Å². The number of aromatic nitrogens is 1. The fourth-order valence-corrected chi connectivity index (χ4v) is 4.35. The maximum Gasteiger partial charge on any atom is 0.416 e. The number of alkyl halides is 3. The van der Waals surface area contributed by atoms with Crippen LogP contribution < -0.4 is 4.80 Å². The van der Waals surface area contributed by atoms with Crippen LogP contribution in [0.3, 0.4) is 0 Å². The first-order chi connectivity index (χ1) is 15.3. The van der Waals surface area contributed by atoms with Crippen LogP contribution in [0.1, 0.15) is 11.1 Å².